The van der Waals surface area contributed by atoms with Crippen LogP contribution in [-0.4, -0.2) is 10.1 Å². The number of alkyl halides is 4. The van der Waals surface area contributed by atoms with Crippen molar-refractivity contribution in [2.45, 2.75) is 24.9 Å². The highest BCUT2D eigenvalue weighted by molar-refractivity contribution is 6.20. The lowest BCUT2D eigenvalue weighted by Gasteiger charge is -2.08. The molecule has 1 aromatic carbocycles. The number of nitrogens with zero attached hydrogens (tertiary/aromatic N) is 2. The monoisotopic (exact) mass is 308 g/mol. The third-order valence-electron chi connectivity index (χ3n) is 2.60. The van der Waals surface area contributed by atoms with Gasteiger partial charge >= 0.3 is 6.18 Å². The van der Waals surface area contributed by atoms with Crippen LogP contribution >= 0.6 is 11.6 Å². The Morgan fingerprint density at radius 2 is 2.05 bits per heavy atom. The Labute approximate surface area is 116 Å². The molecule has 3 nitrogen and oxygen atoms in total. The molecular weight excluding hydrogens is 300 g/mol. The summed E-state index contributed by atoms with van der Waals surface area (Å²) >= 11 is 5.90. The lowest BCUT2D eigenvalue weighted by molar-refractivity contribution is -0.139. The van der Waals surface area contributed by atoms with Crippen LogP contribution in [0.5, 0.6) is 0 Å². The van der Waals surface area contributed by atoms with Crippen molar-refractivity contribution in [1.29, 1.82) is 0 Å². The molecule has 2 aromatic rings. The first-order chi connectivity index (χ1) is 9.32. The minimum absolute atomic E-state index is 0.0163. The van der Waals surface area contributed by atoms with Gasteiger partial charge in [-0.05, 0) is 24.6 Å². The number of halogens is 5. The second-order valence-electron chi connectivity index (χ2n) is 4.03. The first-order valence-corrected chi connectivity index (χ1v) is 6.11. The van der Waals surface area contributed by atoms with Gasteiger partial charge in [-0.1, -0.05) is 12.1 Å². The molecule has 0 aliphatic rings. The molecule has 20 heavy (non-hydrogen) atoms. The Kier molecular flexibility index (Phi) is 3.99. The standard InChI is InChI=1S/C12H9ClF4N2O/c1-2-8(13)10-18-11(20-19-10)6-3-4-9(14)7(5-6)12(15,16)17/h3-5,8H,2H2,1H3. The highest BCUT2D eigenvalue weighted by Crippen LogP contribution is 2.34. The molecule has 108 valence electrons. The molecule has 0 amide bonds. The Bertz CT molecular complexity index is 612. The Morgan fingerprint density at radius 1 is 1.35 bits per heavy atom. The minimum Gasteiger partial charge on any atom is -0.334 e. The quantitative estimate of drug-likeness (QED) is 0.615. The van der Waals surface area contributed by atoms with Crippen molar-refractivity contribution < 1.29 is 22.1 Å². The number of hydrogen-bond donors (Lipinski definition) is 0. The van der Waals surface area contributed by atoms with E-state index < -0.39 is 22.9 Å². The maximum Gasteiger partial charge on any atom is 0.419 e. The summed E-state index contributed by atoms with van der Waals surface area (Å²) in [5.41, 5.74) is -1.40. The summed E-state index contributed by atoms with van der Waals surface area (Å²) in [5, 5.41) is 3.09. The predicted molar refractivity (Wildman–Crippen MR) is 63.6 cm³/mol. The van der Waals surface area contributed by atoms with E-state index in [1.807, 2.05) is 0 Å². The summed E-state index contributed by atoms with van der Waals surface area (Å²) in [6, 6.07) is 2.47. The minimum atomic E-state index is -4.79. The SMILES string of the molecule is CCC(Cl)c1noc(-c2ccc(F)c(C(F)(F)F)c2)n1. The molecule has 0 N–H and O–H groups in total. The number of aromatic nitrogens is 2. The van der Waals surface area contributed by atoms with Gasteiger partial charge in [-0.15, -0.1) is 11.6 Å². The molecule has 0 aliphatic carbocycles. The van der Waals surface area contributed by atoms with Gasteiger partial charge in [-0.25, -0.2) is 4.39 Å². The number of hydrogen-bond acceptors (Lipinski definition) is 3. The lowest BCUT2D eigenvalue weighted by Crippen LogP contribution is -2.08. The van der Waals surface area contributed by atoms with Gasteiger partial charge in [0, 0.05) is 5.56 Å². The normalized spacial score (nSPS) is 13.5. The maximum absolute atomic E-state index is 13.2. The van der Waals surface area contributed by atoms with E-state index in [4.69, 9.17) is 16.1 Å². The van der Waals surface area contributed by atoms with E-state index in [-0.39, 0.29) is 17.3 Å². The molecule has 1 atom stereocenters. The van der Waals surface area contributed by atoms with Crippen LogP contribution in [0.1, 0.15) is 30.1 Å². The first-order valence-electron chi connectivity index (χ1n) is 5.67. The number of rotatable bonds is 3. The summed E-state index contributed by atoms with van der Waals surface area (Å²) < 4.78 is 55.8. The summed E-state index contributed by atoms with van der Waals surface area (Å²) in [6.45, 7) is 1.80. The van der Waals surface area contributed by atoms with Crippen molar-refractivity contribution in [3.8, 4) is 11.5 Å². The zero-order valence-electron chi connectivity index (χ0n) is 10.2. The Balaban J connectivity index is 2.41. The van der Waals surface area contributed by atoms with Gasteiger partial charge in [0.25, 0.3) is 5.89 Å². The molecule has 0 saturated carbocycles. The van der Waals surface area contributed by atoms with E-state index in [0.717, 1.165) is 6.07 Å². The van der Waals surface area contributed by atoms with Gasteiger partial charge in [0.2, 0.25) is 0 Å². The molecule has 0 fully saturated rings. The van der Waals surface area contributed by atoms with Gasteiger partial charge in [0.15, 0.2) is 5.82 Å². The fraction of sp³-hybridized carbons (Fsp3) is 0.333. The average Bonchev–Trinajstić information content (AvgIpc) is 2.86. The molecule has 0 radical (unpaired) electrons. The molecule has 0 bridgehead atoms. The van der Waals surface area contributed by atoms with Gasteiger partial charge in [-0.3, -0.25) is 0 Å². The Hall–Kier alpha value is -1.63. The van der Waals surface area contributed by atoms with Crippen molar-refractivity contribution in [3.05, 3.63) is 35.4 Å². The molecule has 8 heteroatoms. The van der Waals surface area contributed by atoms with Crippen LogP contribution < -0.4 is 0 Å². The Morgan fingerprint density at radius 3 is 2.65 bits per heavy atom. The average molecular weight is 309 g/mol. The van der Waals surface area contributed by atoms with Gasteiger partial charge in [0.05, 0.1) is 10.9 Å². The van der Waals surface area contributed by atoms with Crippen molar-refractivity contribution in [2.24, 2.45) is 0 Å². The van der Waals surface area contributed by atoms with Crippen LogP contribution in [0.15, 0.2) is 22.7 Å². The number of benzene rings is 1. The van der Waals surface area contributed by atoms with Crippen LogP contribution in [0.3, 0.4) is 0 Å². The molecule has 1 aromatic heterocycles. The van der Waals surface area contributed by atoms with Crippen LogP contribution in [0, 0.1) is 5.82 Å². The zero-order valence-corrected chi connectivity index (χ0v) is 11.0. The summed E-state index contributed by atoms with van der Waals surface area (Å²) in [4.78, 5) is 3.90. The van der Waals surface area contributed by atoms with Crippen molar-refractivity contribution >= 4 is 11.6 Å². The molecule has 0 saturated heterocycles. The highest BCUT2D eigenvalue weighted by atomic mass is 35.5. The molecule has 2 rings (SSSR count). The third kappa shape index (κ3) is 2.92. The largest absolute Gasteiger partial charge is 0.419 e. The lowest BCUT2D eigenvalue weighted by atomic mass is 10.1. The van der Waals surface area contributed by atoms with E-state index >= 15 is 0 Å². The summed E-state index contributed by atoms with van der Waals surface area (Å²) in [5.74, 6) is -1.31. The van der Waals surface area contributed by atoms with E-state index in [0.29, 0.717) is 18.6 Å². The molecule has 0 aliphatic heterocycles. The first kappa shape index (κ1) is 14.8. The van der Waals surface area contributed by atoms with Crippen molar-refractivity contribution in [3.63, 3.8) is 0 Å². The fourth-order valence-corrected chi connectivity index (χ4v) is 1.63. The maximum atomic E-state index is 13.2. The van der Waals surface area contributed by atoms with Gasteiger partial charge in [0.1, 0.15) is 5.82 Å². The molecule has 1 heterocycles. The third-order valence-corrected chi connectivity index (χ3v) is 3.10. The van der Waals surface area contributed by atoms with Crippen LogP contribution in [0.4, 0.5) is 17.6 Å². The molecule has 0 spiro atoms. The van der Waals surface area contributed by atoms with Gasteiger partial charge < -0.3 is 4.52 Å². The van der Waals surface area contributed by atoms with E-state index in [9.17, 15) is 17.6 Å². The van der Waals surface area contributed by atoms with Crippen LogP contribution in [-0.2, 0) is 6.18 Å². The van der Waals surface area contributed by atoms with E-state index in [2.05, 4.69) is 10.1 Å². The smallest absolute Gasteiger partial charge is 0.334 e. The zero-order chi connectivity index (χ0) is 14.9. The van der Waals surface area contributed by atoms with Crippen LogP contribution in [0.25, 0.3) is 11.5 Å². The van der Waals surface area contributed by atoms with Gasteiger partial charge in [-0.2, -0.15) is 18.2 Å². The van der Waals surface area contributed by atoms with E-state index in [1.54, 1.807) is 6.92 Å². The second-order valence-corrected chi connectivity index (χ2v) is 4.55. The second kappa shape index (κ2) is 5.40. The van der Waals surface area contributed by atoms with Crippen molar-refractivity contribution in [1.82, 2.24) is 10.1 Å². The van der Waals surface area contributed by atoms with Crippen LogP contribution in [0.2, 0.25) is 0 Å². The van der Waals surface area contributed by atoms with Crippen molar-refractivity contribution in [2.75, 3.05) is 0 Å². The van der Waals surface area contributed by atoms with E-state index in [1.165, 1.54) is 0 Å². The highest BCUT2D eigenvalue weighted by Gasteiger charge is 2.34. The predicted octanol–water partition coefficient (Wildman–Crippen LogP) is 4.58. The molecular formula is C12H9ClF4N2O. The molecule has 1 unspecified atom stereocenters. The summed E-state index contributed by atoms with van der Waals surface area (Å²) in [7, 11) is 0. The topological polar surface area (TPSA) is 38.9 Å². The fourth-order valence-electron chi connectivity index (χ4n) is 1.54. The summed E-state index contributed by atoms with van der Waals surface area (Å²) in [6.07, 6.45) is -4.25.